The van der Waals surface area contributed by atoms with Gasteiger partial charge in [0.25, 0.3) is 0 Å². The van der Waals surface area contributed by atoms with Crippen molar-refractivity contribution in [1.29, 1.82) is 0 Å². The molecule has 0 bridgehead atoms. The Morgan fingerprint density at radius 3 is 2.00 bits per heavy atom. The molecule has 1 aromatic rings. The molecule has 0 saturated carbocycles. The first kappa shape index (κ1) is 28.5. The molecule has 5 unspecified atom stereocenters. The number of hydrogen-bond donors (Lipinski definition) is 8. The summed E-state index contributed by atoms with van der Waals surface area (Å²) in [6, 6.07) is 2.68. The number of carboxylic acid groups (broad SMARTS) is 2. The number of amides is 3. The molecule has 0 aliphatic heterocycles. The number of hydrogen-bond acceptors (Lipinski definition) is 8. The zero-order valence-electron chi connectivity index (χ0n) is 18.5. The van der Waals surface area contributed by atoms with Crippen LogP contribution in [0.4, 0.5) is 0 Å². The minimum absolute atomic E-state index is 0.0568. The number of aliphatic carboxylic acids is 2. The van der Waals surface area contributed by atoms with Crippen molar-refractivity contribution >= 4 is 29.7 Å². The molecule has 13 heteroatoms. The van der Waals surface area contributed by atoms with Gasteiger partial charge in [0.15, 0.2) is 0 Å². The van der Waals surface area contributed by atoms with Crippen molar-refractivity contribution in [3.63, 3.8) is 0 Å². The molecule has 34 heavy (non-hydrogen) atoms. The van der Waals surface area contributed by atoms with E-state index < -0.39 is 73.0 Å². The van der Waals surface area contributed by atoms with Crippen LogP contribution in [0.5, 0.6) is 0 Å². The van der Waals surface area contributed by atoms with Gasteiger partial charge >= 0.3 is 11.9 Å². The molecular formula is C21H30N4O9. The maximum Gasteiger partial charge on any atom is 0.326 e. The van der Waals surface area contributed by atoms with E-state index in [1.54, 1.807) is 30.3 Å². The van der Waals surface area contributed by atoms with E-state index in [4.69, 9.17) is 15.9 Å². The molecule has 0 aliphatic carbocycles. The topological polar surface area (TPSA) is 228 Å². The summed E-state index contributed by atoms with van der Waals surface area (Å²) in [5.41, 5.74) is 6.02. The van der Waals surface area contributed by atoms with Gasteiger partial charge in [0.05, 0.1) is 12.7 Å². The normalized spacial score (nSPS) is 15.2. The van der Waals surface area contributed by atoms with Crippen molar-refractivity contribution in [2.75, 3.05) is 6.61 Å². The molecule has 0 saturated heterocycles. The number of benzene rings is 1. The highest BCUT2D eigenvalue weighted by molar-refractivity contribution is 5.94. The second-order valence-electron chi connectivity index (χ2n) is 7.60. The van der Waals surface area contributed by atoms with E-state index >= 15 is 0 Å². The summed E-state index contributed by atoms with van der Waals surface area (Å²) in [5.74, 6) is -5.52. The zero-order valence-corrected chi connectivity index (χ0v) is 18.5. The summed E-state index contributed by atoms with van der Waals surface area (Å²) in [6.45, 7) is 0.458. The maximum absolute atomic E-state index is 12.7. The van der Waals surface area contributed by atoms with Crippen molar-refractivity contribution in [3.05, 3.63) is 35.9 Å². The number of aliphatic hydroxyl groups is 2. The molecule has 1 aromatic carbocycles. The number of nitrogens with one attached hydrogen (secondary N) is 3. The Morgan fingerprint density at radius 2 is 1.50 bits per heavy atom. The Balaban J connectivity index is 2.96. The molecule has 0 heterocycles. The van der Waals surface area contributed by atoms with Gasteiger partial charge in [0, 0.05) is 12.8 Å². The molecule has 3 amide bonds. The smallest absolute Gasteiger partial charge is 0.326 e. The predicted octanol–water partition coefficient (Wildman–Crippen LogP) is -2.67. The minimum atomic E-state index is -1.61. The molecule has 13 nitrogen and oxygen atoms in total. The van der Waals surface area contributed by atoms with Crippen molar-refractivity contribution < 1.29 is 44.4 Å². The third kappa shape index (κ3) is 9.52. The molecule has 5 atom stereocenters. The lowest BCUT2D eigenvalue weighted by atomic mass is 10.0. The maximum atomic E-state index is 12.7. The SMILES string of the molecule is CC(O)C(NC(=O)C(CCC(=O)O)NC(=O)C(N)CO)C(=O)NC(Cc1ccccc1)C(=O)O. The van der Waals surface area contributed by atoms with E-state index in [0.29, 0.717) is 5.56 Å². The van der Waals surface area contributed by atoms with Gasteiger partial charge < -0.3 is 42.1 Å². The van der Waals surface area contributed by atoms with Crippen LogP contribution in [0.25, 0.3) is 0 Å². The van der Waals surface area contributed by atoms with Crippen molar-refractivity contribution in [2.24, 2.45) is 5.73 Å². The van der Waals surface area contributed by atoms with E-state index in [9.17, 15) is 34.2 Å². The monoisotopic (exact) mass is 482 g/mol. The lowest BCUT2D eigenvalue weighted by Gasteiger charge is -2.26. The van der Waals surface area contributed by atoms with Crippen molar-refractivity contribution in [3.8, 4) is 0 Å². The van der Waals surface area contributed by atoms with Gasteiger partial charge in [-0.3, -0.25) is 19.2 Å². The molecule has 0 radical (unpaired) electrons. The van der Waals surface area contributed by atoms with E-state index in [-0.39, 0.29) is 12.8 Å². The second kappa shape index (κ2) is 13.9. The van der Waals surface area contributed by atoms with Crippen LogP contribution in [0.2, 0.25) is 0 Å². The number of carbonyl (C=O) groups is 5. The highest BCUT2D eigenvalue weighted by Gasteiger charge is 2.33. The van der Waals surface area contributed by atoms with Gasteiger partial charge in [-0.05, 0) is 18.9 Å². The Morgan fingerprint density at radius 1 is 0.912 bits per heavy atom. The van der Waals surface area contributed by atoms with Crippen LogP contribution in [-0.4, -0.2) is 87.0 Å². The molecule has 0 spiro atoms. The predicted molar refractivity (Wildman–Crippen MR) is 117 cm³/mol. The van der Waals surface area contributed by atoms with Crippen LogP contribution >= 0.6 is 0 Å². The van der Waals surface area contributed by atoms with Gasteiger partial charge in [0.2, 0.25) is 17.7 Å². The van der Waals surface area contributed by atoms with Gasteiger partial charge in [-0.1, -0.05) is 30.3 Å². The zero-order chi connectivity index (χ0) is 25.8. The van der Waals surface area contributed by atoms with Crippen LogP contribution in [-0.2, 0) is 30.4 Å². The third-order valence-electron chi connectivity index (χ3n) is 4.77. The Labute approximate surface area is 195 Å². The van der Waals surface area contributed by atoms with Crippen molar-refractivity contribution in [1.82, 2.24) is 16.0 Å². The van der Waals surface area contributed by atoms with E-state index in [1.165, 1.54) is 6.92 Å². The van der Waals surface area contributed by atoms with Crippen LogP contribution in [0.3, 0.4) is 0 Å². The fourth-order valence-electron chi connectivity index (χ4n) is 2.87. The summed E-state index contributed by atoms with van der Waals surface area (Å²) in [6.07, 6.45) is -2.41. The average molecular weight is 482 g/mol. The van der Waals surface area contributed by atoms with E-state index in [0.717, 1.165) is 0 Å². The number of carbonyl (C=O) groups excluding carboxylic acids is 3. The molecule has 188 valence electrons. The Kier molecular flexibility index (Phi) is 11.6. The molecule has 1 rings (SSSR count). The fourth-order valence-corrected chi connectivity index (χ4v) is 2.87. The largest absolute Gasteiger partial charge is 0.481 e. The lowest BCUT2D eigenvalue weighted by Crippen LogP contribution is -2.60. The van der Waals surface area contributed by atoms with Crippen molar-refractivity contribution in [2.45, 2.75) is 56.5 Å². The highest BCUT2D eigenvalue weighted by Crippen LogP contribution is 2.06. The van der Waals surface area contributed by atoms with Gasteiger partial charge in [0.1, 0.15) is 24.2 Å². The Hall–Kier alpha value is -3.55. The molecule has 0 fully saturated rings. The highest BCUT2D eigenvalue weighted by atomic mass is 16.4. The van der Waals surface area contributed by atoms with Crippen LogP contribution in [0.15, 0.2) is 30.3 Å². The number of rotatable bonds is 14. The van der Waals surface area contributed by atoms with E-state index in [2.05, 4.69) is 16.0 Å². The lowest BCUT2D eigenvalue weighted by molar-refractivity contribution is -0.143. The van der Waals surface area contributed by atoms with Gasteiger partial charge in [-0.2, -0.15) is 0 Å². The van der Waals surface area contributed by atoms with Crippen LogP contribution in [0, 0.1) is 0 Å². The molecular weight excluding hydrogens is 452 g/mol. The molecule has 9 N–H and O–H groups in total. The number of carboxylic acids is 2. The standard InChI is InChI=1S/C21H30N4O9/c1-11(27)17(20(32)24-15(21(33)34)9-12-5-3-2-4-6-12)25-19(31)14(7-8-16(28)29)23-18(30)13(22)10-26/h2-6,11,13-15,17,26-27H,7-10,22H2,1H3,(H,23,30)(H,24,32)(H,25,31)(H,28,29)(H,33,34). The Bertz CT molecular complexity index is 863. The first-order chi connectivity index (χ1) is 16.0. The number of aliphatic hydroxyl groups excluding tert-OH is 2. The van der Waals surface area contributed by atoms with E-state index in [1.807, 2.05) is 0 Å². The van der Waals surface area contributed by atoms with Crippen LogP contribution in [0.1, 0.15) is 25.3 Å². The summed E-state index contributed by atoms with van der Waals surface area (Å²) in [5, 5.41) is 44.0. The van der Waals surface area contributed by atoms with Crippen LogP contribution < -0.4 is 21.7 Å². The second-order valence-corrected chi connectivity index (χ2v) is 7.60. The molecule has 0 aliphatic rings. The summed E-state index contributed by atoms with van der Waals surface area (Å²) in [4.78, 5) is 59.9. The first-order valence-electron chi connectivity index (χ1n) is 10.4. The first-order valence-corrected chi connectivity index (χ1v) is 10.4. The number of nitrogens with two attached hydrogens (primary N) is 1. The third-order valence-corrected chi connectivity index (χ3v) is 4.77. The minimum Gasteiger partial charge on any atom is -0.481 e. The summed E-state index contributed by atoms with van der Waals surface area (Å²) in [7, 11) is 0. The van der Waals surface area contributed by atoms with Gasteiger partial charge in [-0.25, -0.2) is 4.79 Å². The molecule has 0 aromatic heterocycles. The van der Waals surface area contributed by atoms with Gasteiger partial charge in [-0.15, -0.1) is 0 Å². The fraction of sp³-hybridized carbons (Fsp3) is 0.476. The quantitative estimate of drug-likeness (QED) is 0.137. The summed E-state index contributed by atoms with van der Waals surface area (Å²) < 4.78 is 0. The summed E-state index contributed by atoms with van der Waals surface area (Å²) >= 11 is 0. The average Bonchev–Trinajstić information content (AvgIpc) is 2.78.